The van der Waals surface area contributed by atoms with Gasteiger partial charge in [0.25, 0.3) is 0 Å². The average molecular weight is 490 g/mol. The predicted octanol–water partition coefficient (Wildman–Crippen LogP) is 5.99. The molecule has 0 saturated heterocycles. The van der Waals surface area contributed by atoms with Gasteiger partial charge in [-0.2, -0.15) is 0 Å². The monoisotopic (exact) mass is 489 g/mol. The van der Waals surface area contributed by atoms with Gasteiger partial charge in [0.05, 0.1) is 11.3 Å². The van der Waals surface area contributed by atoms with E-state index in [-0.39, 0.29) is 5.69 Å². The van der Waals surface area contributed by atoms with Crippen LogP contribution < -0.4 is 11.0 Å². The van der Waals surface area contributed by atoms with Crippen LogP contribution >= 0.6 is 23.2 Å². The molecule has 2 aromatic heterocycles. The molecule has 8 heteroatoms. The Balaban J connectivity index is 1.74. The summed E-state index contributed by atoms with van der Waals surface area (Å²) in [4.78, 5) is 18.0. The molecule has 0 radical (unpaired) electrons. The van der Waals surface area contributed by atoms with Crippen molar-refractivity contribution in [1.82, 2.24) is 19.2 Å². The number of benzene rings is 3. The maximum Gasteiger partial charge on any atom is 0.352 e. The van der Waals surface area contributed by atoms with Crippen LogP contribution in [0.15, 0.2) is 77.6 Å². The number of fused-ring (bicyclic) bond motifs is 1. The molecular formula is C26H21Cl2N5O. The van der Waals surface area contributed by atoms with Gasteiger partial charge in [0.2, 0.25) is 5.95 Å². The van der Waals surface area contributed by atoms with E-state index in [9.17, 15) is 4.79 Å². The largest absolute Gasteiger partial charge is 0.352 e. The van der Waals surface area contributed by atoms with Crippen molar-refractivity contribution in [2.45, 2.75) is 13.5 Å². The molecule has 2 heterocycles. The third kappa shape index (κ3) is 4.18. The Morgan fingerprint density at radius 3 is 2.06 bits per heavy atom. The summed E-state index contributed by atoms with van der Waals surface area (Å²) in [6, 6.07) is 23.1. The zero-order valence-corrected chi connectivity index (χ0v) is 20.1. The second-order valence-electron chi connectivity index (χ2n) is 8.08. The molecule has 0 atom stereocenters. The van der Waals surface area contributed by atoms with Gasteiger partial charge in [0.1, 0.15) is 0 Å². The van der Waals surface area contributed by atoms with E-state index in [0.717, 1.165) is 22.3 Å². The van der Waals surface area contributed by atoms with Crippen molar-refractivity contribution >= 4 is 34.8 Å². The van der Waals surface area contributed by atoms with E-state index in [1.807, 2.05) is 67.6 Å². The number of anilines is 1. The first-order valence-corrected chi connectivity index (χ1v) is 11.5. The Bertz CT molecular complexity index is 1540. The SMILES string of the molecule is Cc1ccc(CNc2nc(-c3ccc(Cl)cc3)c(-c3ccc(Cl)cc3)c3nn(C)c(=O)n23)cc1. The zero-order valence-electron chi connectivity index (χ0n) is 18.6. The van der Waals surface area contributed by atoms with Crippen molar-refractivity contribution in [3.8, 4) is 22.4 Å². The number of aryl methyl sites for hydroxylation is 2. The Labute approximate surface area is 206 Å². The highest BCUT2D eigenvalue weighted by atomic mass is 35.5. The minimum Gasteiger partial charge on any atom is -0.351 e. The second-order valence-corrected chi connectivity index (χ2v) is 8.95. The fourth-order valence-corrected chi connectivity index (χ4v) is 4.09. The lowest BCUT2D eigenvalue weighted by Crippen LogP contribution is -2.21. The molecule has 0 amide bonds. The van der Waals surface area contributed by atoms with Crippen LogP contribution in [-0.4, -0.2) is 19.2 Å². The van der Waals surface area contributed by atoms with Crippen LogP contribution in [0.1, 0.15) is 11.1 Å². The minimum absolute atomic E-state index is 0.285. The number of aromatic nitrogens is 4. The Morgan fingerprint density at radius 2 is 1.44 bits per heavy atom. The topological polar surface area (TPSA) is 64.2 Å². The molecule has 5 aromatic rings. The molecule has 0 saturated carbocycles. The molecule has 1 N–H and O–H groups in total. The minimum atomic E-state index is -0.285. The fourth-order valence-electron chi connectivity index (χ4n) is 3.84. The molecule has 170 valence electrons. The molecule has 5 rings (SSSR count). The summed E-state index contributed by atoms with van der Waals surface area (Å²) in [7, 11) is 1.63. The molecule has 0 aliphatic rings. The van der Waals surface area contributed by atoms with E-state index in [2.05, 4.69) is 22.5 Å². The van der Waals surface area contributed by atoms with Gasteiger partial charge < -0.3 is 5.32 Å². The van der Waals surface area contributed by atoms with Crippen molar-refractivity contribution in [2.75, 3.05) is 5.32 Å². The molecule has 34 heavy (non-hydrogen) atoms. The number of hydrogen-bond acceptors (Lipinski definition) is 4. The quantitative estimate of drug-likeness (QED) is 0.329. The third-order valence-electron chi connectivity index (χ3n) is 5.64. The van der Waals surface area contributed by atoms with E-state index < -0.39 is 0 Å². The first-order valence-electron chi connectivity index (χ1n) is 10.7. The predicted molar refractivity (Wildman–Crippen MR) is 138 cm³/mol. The summed E-state index contributed by atoms with van der Waals surface area (Å²) in [5.41, 5.74) is 5.60. The van der Waals surface area contributed by atoms with Crippen molar-refractivity contribution < 1.29 is 0 Å². The van der Waals surface area contributed by atoms with Gasteiger partial charge in [-0.3, -0.25) is 0 Å². The molecule has 0 bridgehead atoms. The van der Waals surface area contributed by atoms with Crippen molar-refractivity contribution in [1.29, 1.82) is 0 Å². The van der Waals surface area contributed by atoms with Crippen LogP contribution in [0.3, 0.4) is 0 Å². The summed E-state index contributed by atoms with van der Waals surface area (Å²) in [5, 5.41) is 9.16. The van der Waals surface area contributed by atoms with Gasteiger partial charge in [-0.05, 0) is 42.3 Å². The van der Waals surface area contributed by atoms with Crippen LogP contribution in [0, 0.1) is 6.92 Å². The van der Waals surface area contributed by atoms with Gasteiger partial charge >= 0.3 is 5.69 Å². The van der Waals surface area contributed by atoms with Crippen molar-refractivity contribution in [3.05, 3.63) is 104 Å². The number of hydrogen-bond donors (Lipinski definition) is 1. The van der Waals surface area contributed by atoms with Gasteiger partial charge in [-0.1, -0.05) is 77.3 Å². The van der Waals surface area contributed by atoms with E-state index >= 15 is 0 Å². The average Bonchev–Trinajstić information content (AvgIpc) is 3.13. The molecule has 0 unspecified atom stereocenters. The first kappa shape index (κ1) is 22.2. The molecule has 0 spiro atoms. The van der Waals surface area contributed by atoms with E-state index in [1.165, 1.54) is 14.6 Å². The highest BCUT2D eigenvalue weighted by Gasteiger charge is 2.21. The lowest BCUT2D eigenvalue weighted by atomic mass is 10.00. The van der Waals surface area contributed by atoms with Gasteiger partial charge in [0.15, 0.2) is 5.65 Å². The van der Waals surface area contributed by atoms with E-state index in [0.29, 0.717) is 33.9 Å². The number of nitrogens with one attached hydrogen (secondary N) is 1. The maximum absolute atomic E-state index is 13.1. The van der Waals surface area contributed by atoms with Crippen LogP contribution in [0.2, 0.25) is 10.0 Å². The summed E-state index contributed by atoms with van der Waals surface area (Å²) in [6.07, 6.45) is 0. The van der Waals surface area contributed by atoms with Crippen LogP contribution in [-0.2, 0) is 13.6 Å². The summed E-state index contributed by atoms with van der Waals surface area (Å²) in [6.45, 7) is 2.55. The first-order chi connectivity index (χ1) is 16.4. The zero-order chi connectivity index (χ0) is 23.8. The highest BCUT2D eigenvalue weighted by molar-refractivity contribution is 6.31. The van der Waals surface area contributed by atoms with Crippen molar-refractivity contribution in [2.24, 2.45) is 7.05 Å². The summed E-state index contributed by atoms with van der Waals surface area (Å²) in [5.74, 6) is 0.413. The molecule has 0 aliphatic carbocycles. The lowest BCUT2D eigenvalue weighted by Gasteiger charge is -2.15. The third-order valence-corrected chi connectivity index (χ3v) is 6.14. The molecule has 6 nitrogen and oxygen atoms in total. The number of nitrogens with zero attached hydrogens (tertiary/aromatic N) is 4. The highest BCUT2D eigenvalue weighted by Crippen LogP contribution is 2.35. The lowest BCUT2D eigenvalue weighted by molar-refractivity contribution is 0.732. The smallest absolute Gasteiger partial charge is 0.351 e. The van der Waals surface area contributed by atoms with E-state index in [4.69, 9.17) is 28.2 Å². The second kappa shape index (κ2) is 8.97. The standard InChI is InChI=1S/C26H21Cl2N5O/c1-16-3-5-17(6-4-16)15-29-25-30-23(19-9-13-21(28)14-10-19)22(18-7-11-20(27)12-8-18)24-31-32(2)26(34)33(24)25/h3-14H,15H2,1-2H3,(H,29,30). The number of halogens is 2. The van der Waals surface area contributed by atoms with Crippen molar-refractivity contribution in [3.63, 3.8) is 0 Å². The van der Waals surface area contributed by atoms with Gasteiger partial charge in [-0.15, -0.1) is 5.10 Å². The Morgan fingerprint density at radius 1 is 0.853 bits per heavy atom. The van der Waals surface area contributed by atoms with Crippen LogP contribution in [0.25, 0.3) is 28.0 Å². The van der Waals surface area contributed by atoms with E-state index in [1.54, 1.807) is 7.05 Å². The fraction of sp³-hybridized carbons (Fsp3) is 0.115. The normalized spacial score (nSPS) is 11.2. The maximum atomic E-state index is 13.1. The Kier molecular flexibility index (Phi) is 5.86. The van der Waals surface area contributed by atoms with Crippen LogP contribution in [0.4, 0.5) is 5.95 Å². The van der Waals surface area contributed by atoms with Gasteiger partial charge in [0, 0.05) is 29.2 Å². The molecule has 0 aliphatic heterocycles. The molecule has 3 aromatic carbocycles. The molecular weight excluding hydrogens is 469 g/mol. The Hall–Kier alpha value is -3.61. The number of rotatable bonds is 5. The summed E-state index contributed by atoms with van der Waals surface area (Å²) < 4.78 is 2.83. The molecule has 0 fully saturated rings. The van der Waals surface area contributed by atoms with Gasteiger partial charge in [-0.25, -0.2) is 18.9 Å². The summed E-state index contributed by atoms with van der Waals surface area (Å²) >= 11 is 12.3. The van der Waals surface area contributed by atoms with Crippen LogP contribution in [0.5, 0.6) is 0 Å².